The van der Waals surface area contributed by atoms with Crippen molar-refractivity contribution in [3.8, 4) is 0 Å². The molecule has 4 aliphatic rings. The molecule has 4 fully saturated rings. The monoisotopic (exact) mass is 322 g/mol. The van der Waals surface area contributed by atoms with E-state index in [1.165, 1.54) is 6.42 Å². The molecular formula is C20H34O3. The molecule has 0 aliphatic heterocycles. The Morgan fingerprint density at radius 1 is 0.913 bits per heavy atom. The fraction of sp³-hybridized carbons (Fsp3) is 1.00. The zero-order valence-electron chi connectivity index (χ0n) is 14.8. The van der Waals surface area contributed by atoms with Crippen molar-refractivity contribution in [3.63, 3.8) is 0 Å². The third-order valence-electron chi connectivity index (χ3n) is 9.19. The fourth-order valence-corrected chi connectivity index (χ4v) is 7.58. The molecule has 3 nitrogen and oxygen atoms in total. The third-order valence-corrected chi connectivity index (χ3v) is 9.19. The highest BCUT2D eigenvalue weighted by Gasteiger charge is 2.64. The van der Waals surface area contributed by atoms with Crippen molar-refractivity contribution in [1.29, 1.82) is 0 Å². The zero-order valence-corrected chi connectivity index (χ0v) is 14.8. The maximum Gasteiger partial charge on any atom is 0.0675 e. The summed E-state index contributed by atoms with van der Waals surface area (Å²) in [7, 11) is 0. The summed E-state index contributed by atoms with van der Waals surface area (Å²) in [6.45, 7) is 4.67. The molecule has 0 amide bonds. The molecule has 0 spiro atoms. The third kappa shape index (κ3) is 2.05. The molecule has 0 bridgehead atoms. The fourth-order valence-electron chi connectivity index (χ4n) is 7.58. The Bertz CT molecular complexity index is 476. The van der Waals surface area contributed by atoms with Gasteiger partial charge >= 0.3 is 0 Å². The first-order valence-electron chi connectivity index (χ1n) is 9.85. The van der Waals surface area contributed by atoms with Crippen LogP contribution in [0.15, 0.2) is 0 Å². The Morgan fingerprint density at radius 3 is 2.39 bits per heavy atom. The molecule has 4 aliphatic carbocycles. The summed E-state index contributed by atoms with van der Waals surface area (Å²) in [5, 5.41) is 31.4. The van der Waals surface area contributed by atoms with Gasteiger partial charge in [-0.05, 0) is 99.2 Å². The highest BCUT2D eigenvalue weighted by Crippen LogP contribution is 2.68. The molecule has 23 heavy (non-hydrogen) atoms. The van der Waals surface area contributed by atoms with Gasteiger partial charge in [0.1, 0.15) is 0 Å². The molecule has 4 saturated carbocycles. The Balaban J connectivity index is 1.66. The summed E-state index contributed by atoms with van der Waals surface area (Å²) in [6, 6.07) is 0. The van der Waals surface area contributed by atoms with Gasteiger partial charge in [-0.25, -0.2) is 0 Å². The first-order chi connectivity index (χ1) is 10.8. The molecule has 0 aromatic rings. The lowest BCUT2D eigenvalue weighted by molar-refractivity contribution is -0.171. The van der Waals surface area contributed by atoms with Crippen LogP contribution in [0.3, 0.4) is 0 Å². The second kappa shape index (κ2) is 5.19. The Kier molecular flexibility index (Phi) is 3.69. The number of fused-ring (bicyclic) bond motifs is 5. The predicted molar refractivity (Wildman–Crippen MR) is 89.8 cm³/mol. The molecule has 8 atom stereocenters. The molecule has 0 aromatic heterocycles. The largest absolute Gasteiger partial charge is 0.396 e. The summed E-state index contributed by atoms with van der Waals surface area (Å²) in [4.78, 5) is 0. The summed E-state index contributed by atoms with van der Waals surface area (Å²) in [6.07, 6.45) is 9.33. The second-order valence-corrected chi connectivity index (χ2v) is 9.74. The van der Waals surface area contributed by atoms with E-state index in [9.17, 15) is 15.3 Å². The number of aliphatic hydroxyl groups is 3. The Morgan fingerprint density at radius 2 is 1.65 bits per heavy atom. The summed E-state index contributed by atoms with van der Waals surface area (Å²) in [5.41, 5.74) is -0.404. The van der Waals surface area contributed by atoms with Crippen LogP contribution in [0.25, 0.3) is 0 Å². The molecule has 0 heterocycles. The number of hydrogen-bond acceptors (Lipinski definition) is 3. The number of hydrogen-bond donors (Lipinski definition) is 3. The van der Waals surface area contributed by atoms with Crippen LogP contribution in [0.1, 0.15) is 71.6 Å². The van der Waals surface area contributed by atoms with Crippen molar-refractivity contribution in [2.45, 2.75) is 83.3 Å². The van der Waals surface area contributed by atoms with Crippen LogP contribution in [0.4, 0.5) is 0 Å². The van der Waals surface area contributed by atoms with E-state index >= 15 is 0 Å². The van der Waals surface area contributed by atoms with Crippen LogP contribution in [-0.2, 0) is 0 Å². The zero-order chi connectivity index (χ0) is 16.5. The van der Waals surface area contributed by atoms with Gasteiger partial charge in [-0.15, -0.1) is 0 Å². The van der Waals surface area contributed by atoms with Gasteiger partial charge in [0.25, 0.3) is 0 Å². The van der Waals surface area contributed by atoms with Crippen LogP contribution in [0.2, 0.25) is 0 Å². The van der Waals surface area contributed by atoms with E-state index in [1.807, 2.05) is 0 Å². The molecule has 4 rings (SSSR count). The van der Waals surface area contributed by atoms with Crippen molar-refractivity contribution in [3.05, 3.63) is 0 Å². The molecule has 3 N–H and O–H groups in total. The minimum Gasteiger partial charge on any atom is -0.396 e. The lowest BCUT2D eigenvalue weighted by atomic mass is 9.44. The average Bonchev–Trinajstić information content (AvgIpc) is 2.77. The van der Waals surface area contributed by atoms with E-state index in [2.05, 4.69) is 13.8 Å². The molecule has 0 aromatic carbocycles. The number of aliphatic hydroxyl groups excluding tert-OH is 2. The van der Waals surface area contributed by atoms with E-state index in [-0.39, 0.29) is 16.9 Å². The van der Waals surface area contributed by atoms with Gasteiger partial charge in [-0.3, -0.25) is 0 Å². The minimum atomic E-state index is -0.519. The highest BCUT2D eigenvalue weighted by molar-refractivity contribution is 5.13. The summed E-state index contributed by atoms with van der Waals surface area (Å²) >= 11 is 0. The van der Waals surface area contributed by atoms with Gasteiger partial charge in [0, 0.05) is 6.61 Å². The lowest BCUT2D eigenvalue weighted by Gasteiger charge is -2.62. The minimum absolute atomic E-state index is 0.0535. The summed E-state index contributed by atoms with van der Waals surface area (Å²) in [5.74, 6) is 2.39. The average molecular weight is 322 g/mol. The standard InChI is InChI=1S/C20H34O3/c1-18-8-6-17-15(16(18)7-9-19(18,2)23)4-3-13-11-14(22)5-10-20(13,17)12-21/h13-17,21-23H,3-12H2,1-2H3/t13?,14?,15-,16-,17+,18-,19?,20+/m0/s1. The molecule has 0 radical (unpaired) electrons. The maximum absolute atomic E-state index is 10.9. The molecular weight excluding hydrogens is 288 g/mol. The van der Waals surface area contributed by atoms with Gasteiger partial charge in [0.15, 0.2) is 0 Å². The van der Waals surface area contributed by atoms with E-state index in [1.54, 1.807) is 0 Å². The molecule has 3 unspecified atom stereocenters. The van der Waals surface area contributed by atoms with E-state index < -0.39 is 5.60 Å². The smallest absolute Gasteiger partial charge is 0.0675 e. The Hall–Kier alpha value is -0.120. The van der Waals surface area contributed by atoms with Gasteiger partial charge in [0.05, 0.1) is 11.7 Å². The van der Waals surface area contributed by atoms with Crippen molar-refractivity contribution in [1.82, 2.24) is 0 Å². The second-order valence-electron chi connectivity index (χ2n) is 9.74. The quantitative estimate of drug-likeness (QED) is 0.695. The van der Waals surface area contributed by atoms with Crippen LogP contribution >= 0.6 is 0 Å². The Labute approximate surface area is 140 Å². The van der Waals surface area contributed by atoms with Crippen LogP contribution in [-0.4, -0.2) is 33.6 Å². The lowest BCUT2D eigenvalue weighted by Crippen LogP contribution is -2.58. The topological polar surface area (TPSA) is 60.7 Å². The van der Waals surface area contributed by atoms with Crippen molar-refractivity contribution < 1.29 is 15.3 Å². The van der Waals surface area contributed by atoms with E-state index in [0.717, 1.165) is 51.4 Å². The maximum atomic E-state index is 10.9. The van der Waals surface area contributed by atoms with Gasteiger partial charge in [0.2, 0.25) is 0 Å². The first-order valence-corrected chi connectivity index (χ1v) is 9.85. The predicted octanol–water partition coefficient (Wildman–Crippen LogP) is 3.11. The van der Waals surface area contributed by atoms with Crippen LogP contribution in [0, 0.1) is 34.5 Å². The van der Waals surface area contributed by atoms with Gasteiger partial charge in [-0.1, -0.05) is 6.92 Å². The van der Waals surface area contributed by atoms with Crippen molar-refractivity contribution in [2.75, 3.05) is 6.61 Å². The normalized spacial score (nSPS) is 59.1. The van der Waals surface area contributed by atoms with Crippen LogP contribution in [0.5, 0.6) is 0 Å². The molecule has 132 valence electrons. The van der Waals surface area contributed by atoms with Crippen LogP contribution < -0.4 is 0 Å². The van der Waals surface area contributed by atoms with E-state index in [0.29, 0.717) is 30.3 Å². The molecule has 0 saturated heterocycles. The van der Waals surface area contributed by atoms with Crippen molar-refractivity contribution in [2.24, 2.45) is 34.5 Å². The molecule has 3 heteroatoms. The summed E-state index contributed by atoms with van der Waals surface area (Å²) < 4.78 is 0. The first kappa shape index (κ1) is 16.4. The van der Waals surface area contributed by atoms with Gasteiger partial charge in [-0.2, -0.15) is 0 Å². The van der Waals surface area contributed by atoms with E-state index in [4.69, 9.17) is 0 Å². The SMILES string of the molecule is CC1(O)CC[C@H]2[C@@H]3CCC4CC(O)CC[C@]4(CO)[C@@H]3CC[C@@]21C. The highest BCUT2D eigenvalue weighted by atomic mass is 16.3. The van der Waals surface area contributed by atoms with Gasteiger partial charge < -0.3 is 15.3 Å². The van der Waals surface area contributed by atoms with Crippen molar-refractivity contribution >= 4 is 0 Å². The number of rotatable bonds is 1.